The zero-order valence-corrected chi connectivity index (χ0v) is 16.4. The lowest BCUT2D eigenvalue weighted by molar-refractivity contribution is -0.128. The van der Waals surface area contributed by atoms with Crippen LogP contribution in [0.15, 0.2) is 23.1 Å². The van der Waals surface area contributed by atoms with Gasteiger partial charge < -0.3 is 20.0 Å². The lowest BCUT2D eigenvalue weighted by Gasteiger charge is -2.28. The summed E-state index contributed by atoms with van der Waals surface area (Å²) in [6, 6.07) is 0.400. The molecule has 2 heterocycles. The average molecular weight is 405 g/mol. The zero-order chi connectivity index (χ0) is 20.8. The number of nitrogens with one attached hydrogen (secondary N) is 2. The van der Waals surface area contributed by atoms with Crippen LogP contribution in [0.2, 0.25) is 0 Å². The molecule has 0 bridgehead atoms. The van der Waals surface area contributed by atoms with Gasteiger partial charge in [-0.2, -0.15) is 0 Å². The van der Waals surface area contributed by atoms with Crippen molar-refractivity contribution in [3.05, 3.63) is 34.5 Å². The van der Waals surface area contributed by atoms with Gasteiger partial charge in [-0.1, -0.05) is 32.1 Å². The zero-order valence-electron chi connectivity index (χ0n) is 16.4. The molecule has 1 saturated heterocycles. The van der Waals surface area contributed by atoms with Crippen LogP contribution in [-0.2, 0) is 14.4 Å². The quantitative estimate of drug-likeness (QED) is 0.644. The summed E-state index contributed by atoms with van der Waals surface area (Å²) in [5, 5.41) is 5.42. The minimum absolute atomic E-state index is 0.111. The predicted octanol–water partition coefficient (Wildman–Crippen LogP) is 1.71. The molecule has 0 aromatic carbocycles. The molecule has 0 unspecified atom stereocenters. The maximum Gasteiger partial charge on any atom is 0.254 e. The van der Waals surface area contributed by atoms with Crippen LogP contribution in [0.1, 0.15) is 57.4 Å². The molecule has 0 spiro atoms. The van der Waals surface area contributed by atoms with Crippen molar-refractivity contribution in [2.75, 3.05) is 6.54 Å². The van der Waals surface area contributed by atoms with Gasteiger partial charge >= 0.3 is 0 Å². The van der Waals surface area contributed by atoms with Gasteiger partial charge in [-0.3, -0.25) is 14.4 Å². The molecule has 7 nitrogen and oxygen atoms in total. The second kappa shape index (κ2) is 9.80. The second-order valence-electron chi connectivity index (χ2n) is 8.11. The van der Waals surface area contributed by atoms with E-state index in [0.29, 0.717) is 31.6 Å². The first kappa shape index (κ1) is 21.2. The van der Waals surface area contributed by atoms with Gasteiger partial charge in [-0.15, -0.1) is 0 Å². The summed E-state index contributed by atoms with van der Waals surface area (Å²) in [7, 11) is 0. The third-order valence-corrected chi connectivity index (χ3v) is 6.02. The number of pyridine rings is 1. The fourth-order valence-electron chi connectivity index (χ4n) is 4.41. The number of rotatable bonds is 8. The summed E-state index contributed by atoms with van der Waals surface area (Å²) in [4.78, 5) is 48.7. The third kappa shape index (κ3) is 5.52. The largest absolute Gasteiger partial charge is 0.356 e. The van der Waals surface area contributed by atoms with Crippen molar-refractivity contribution >= 4 is 18.1 Å². The molecular formula is C21H28FN3O4. The maximum absolute atomic E-state index is 13.4. The van der Waals surface area contributed by atoms with Gasteiger partial charge in [0.1, 0.15) is 18.1 Å². The standard InChI is InChI=1S/C21H28FN3O4/c22-16-7-9-25(19(27)12-16)18(10-14-4-2-1-3-5-14)21(29)24-17(13-26)11-15-6-8-23-20(15)28/h7,9,12-15,17-18H,1-6,8,10-11H2,(H,23,28)(H,24,29)/t15-,17-,18-/m0/s1. The molecule has 1 saturated carbocycles. The Balaban J connectivity index is 1.75. The van der Waals surface area contributed by atoms with E-state index in [9.17, 15) is 23.6 Å². The smallest absolute Gasteiger partial charge is 0.254 e. The van der Waals surface area contributed by atoms with Crippen molar-refractivity contribution in [3.63, 3.8) is 0 Å². The molecule has 2 N–H and O–H groups in total. The highest BCUT2D eigenvalue weighted by molar-refractivity contribution is 5.84. The van der Waals surface area contributed by atoms with E-state index in [0.717, 1.165) is 37.8 Å². The first-order chi connectivity index (χ1) is 14.0. The van der Waals surface area contributed by atoms with E-state index in [1.54, 1.807) is 0 Å². The van der Waals surface area contributed by atoms with E-state index in [1.165, 1.54) is 17.2 Å². The van der Waals surface area contributed by atoms with E-state index < -0.39 is 29.4 Å². The molecule has 1 aliphatic heterocycles. The highest BCUT2D eigenvalue weighted by Gasteiger charge is 2.31. The Kier molecular flexibility index (Phi) is 7.17. The van der Waals surface area contributed by atoms with Gasteiger partial charge in [0.2, 0.25) is 11.8 Å². The number of hydrogen-bond donors (Lipinski definition) is 2. The van der Waals surface area contributed by atoms with Crippen LogP contribution in [0.3, 0.4) is 0 Å². The Morgan fingerprint density at radius 2 is 2.00 bits per heavy atom. The summed E-state index contributed by atoms with van der Waals surface area (Å²) in [6.07, 6.45) is 8.57. The van der Waals surface area contributed by atoms with Crippen molar-refractivity contribution in [2.24, 2.45) is 11.8 Å². The Labute approximate surface area is 169 Å². The number of amides is 2. The van der Waals surface area contributed by atoms with Crippen molar-refractivity contribution < 1.29 is 18.8 Å². The summed E-state index contributed by atoms with van der Waals surface area (Å²) in [5.41, 5.74) is -0.584. The van der Waals surface area contributed by atoms with Crippen molar-refractivity contribution in [3.8, 4) is 0 Å². The van der Waals surface area contributed by atoms with Crippen LogP contribution < -0.4 is 16.2 Å². The molecule has 3 atom stereocenters. The van der Waals surface area contributed by atoms with Crippen LogP contribution >= 0.6 is 0 Å². The van der Waals surface area contributed by atoms with E-state index >= 15 is 0 Å². The molecule has 2 aliphatic rings. The first-order valence-electron chi connectivity index (χ1n) is 10.4. The Hall–Kier alpha value is -2.51. The topological polar surface area (TPSA) is 97.3 Å². The summed E-state index contributed by atoms with van der Waals surface area (Å²) < 4.78 is 14.6. The normalized spacial score (nSPS) is 22.0. The maximum atomic E-state index is 13.4. The van der Waals surface area contributed by atoms with Gasteiger partial charge in [0.25, 0.3) is 5.56 Å². The molecule has 1 aliphatic carbocycles. The molecule has 29 heavy (non-hydrogen) atoms. The van der Waals surface area contributed by atoms with Gasteiger partial charge in [0.15, 0.2) is 0 Å². The van der Waals surface area contributed by atoms with E-state index in [2.05, 4.69) is 10.6 Å². The lowest BCUT2D eigenvalue weighted by Crippen LogP contribution is -2.44. The van der Waals surface area contributed by atoms with Crippen LogP contribution in [-0.4, -0.2) is 35.3 Å². The fraction of sp³-hybridized carbons (Fsp3) is 0.619. The number of nitrogens with zero attached hydrogens (tertiary/aromatic N) is 1. The number of halogens is 1. The molecule has 8 heteroatoms. The molecule has 1 aromatic rings. The van der Waals surface area contributed by atoms with Crippen LogP contribution in [0.5, 0.6) is 0 Å². The first-order valence-corrected chi connectivity index (χ1v) is 10.4. The number of carbonyl (C=O) groups excluding carboxylic acids is 3. The minimum atomic E-state index is -0.814. The lowest BCUT2D eigenvalue weighted by atomic mass is 9.84. The van der Waals surface area contributed by atoms with Gasteiger partial charge in [-0.05, 0) is 31.2 Å². The predicted molar refractivity (Wildman–Crippen MR) is 105 cm³/mol. The average Bonchev–Trinajstić information content (AvgIpc) is 3.11. The van der Waals surface area contributed by atoms with Crippen LogP contribution in [0.4, 0.5) is 4.39 Å². The van der Waals surface area contributed by atoms with E-state index in [1.807, 2.05) is 0 Å². The molecule has 0 radical (unpaired) electrons. The molecule has 1 aromatic heterocycles. The van der Waals surface area contributed by atoms with Gasteiger partial charge in [0, 0.05) is 24.7 Å². The number of carbonyl (C=O) groups is 3. The molecule has 3 rings (SSSR count). The van der Waals surface area contributed by atoms with E-state index in [4.69, 9.17) is 0 Å². The second-order valence-corrected chi connectivity index (χ2v) is 8.11. The van der Waals surface area contributed by atoms with Crippen LogP contribution in [0.25, 0.3) is 0 Å². The molecule has 2 amide bonds. The summed E-state index contributed by atoms with van der Waals surface area (Å²) >= 11 is 0. The van der Waals surface area contributed by atoms with E-state index in [-0.39, 0.29) is 18.2 Å². The Morgan fingerprint density at radius 3 is 2.62 bits per heavy atom. The summed E-state index contributed by atoms with van der Waals surface area (Å²) in [5.74, 6) is -1.22. The molecule has 2 fully saturated rings. The van der Waals surface area contributed by atoms with Gasteiger partial charge in [0.05, 0.1) is 6.04 Å². The minimum Gasteiger partial charge on any atom is -0.356 e. The third-order valence-electron chi connectivity index (χ3n) is 6.02. The number of hydrogen-bond acceptors (Lipinski definition) is 4. The Morgan fingerprint density at radius 1 is 1.24 bits per heavy atom. The highest BCUT2D eigenvalue weighted by atomic mass is 19.1. The molecule has 158 valence electrons. The van der Waals surface area contributed by atoms with Crippen molar-refractivity contribution in [1.82, 2.24) is 15.2 Å². The van der Waals surface area contributed by atoms with Crippen molar-refractivity contribution in [1.29, 1.82) is 0 Å². The number of aldehydes is 1. The summed E-state index contributed by atoms with van der Waals surface area (Å²) in [6.45, 7) is 0.568. The number of aromatic nitrogens is 1. The SMILES string of the molecule is O=C[C@H](C[C@@H]1CCNC1=O)NC(=O)[C@H](CC1CCCCC1)n1ccc(F)cc1=O. The fourth-order valence-corrected chi connectivity index (χ4v) is 4.41. The monoisotopic (exact) mass is 405 g/mol. The molecular weight excluding hydrogens is 377 g/mol. The van der Waals surface area contributed by atoms with Crippen LogP contribution in [0, 0.1) is 17.7 Å². The van der Waals surface area contributed by atoms with Gasteiger partial charge in [-0.25, -0.2) is 4.39 Å². The highest BCUT2D eigenvalue weighted by Crippen LogP contribution is 2.30. The van der Waals surface area contributed by atoms with Crippen molar-refractivity contribution in [2.45, 2.75) is 63.5 Å². The Bertz CT molecular complexity index is 803.